The number of pyridine rings is 1. The van der Waals surface area contributed by atoms with E-state index in [1.165, 1.54) is 4.57 Å². The van der Waals surface area contributed by atoms with E-state index in [1.54, 1.807) is 19.3 Å². The Hall–Kier alpha value is -0.900. The van der Waals surface area contributed by atoms with E-state index in [9.17, 15) is 9.00 Å². The molecule has 0 saturated heterocycles. The van der Waals surface area contributed by atoms with Gasteiger partial charge in [-0.1, -0.05) is 6.92 Å². The monoisotopic (exact) mass is 255 g/mol. The Balaban J connectivity index is 2.84. The van der Waals surface area contributed by atoms with E-state index in [0.29, 0.717) is 5.75 Å². The summed E-state index contributed by atoms with van der Waals surface area (Å²) in [5.41, 5.74) is 0.946. The molecule has 1 aromatic rings. The molecule has 0 aliphatic rings. The molecule has 0 fully saturated rings. The first-order valence-electron chi connectivity index (χ1n) is 5.77. The molecule has 2 unspecified atom stereocenters. The molecule has 0 amide bonds. The molecule has 1 heterocycles. The van der Waals surface area contributed by atoms with Crippen molar-refractivity contribution < 1.29 is 4.21 Å². The largest absolute Gasteiger partial charge is 0.319 e. The highest BCUT2D eigenvalue weighted by molar-refractivity contribution is 7.86. The van der Waals surface area contributed by atoms with E-state index in [1.807, 2.05) is 33.8 Å². The van der Waals surface area contributed by atoms with Gasteiger partial charge in [0.2, 0.25) is 0 Å². The average Bonchev–Trinajstić information content (AvgIpc) is 2.20. The van der Waals surface area contributed by atoms with E-state index in [2.05, 4.69) is 0 Å². The molecule has 0 aliphatic heterocycles. The first-order chi connectivity index (χ1) is 7.71. The predicted octanol–water partition coefficient (Wildman–Crippen LogP) is 2.04. The van der Waals surface area contributed by atoms with Crippen LogP contribution in [0.2, 0.25) is 0 Å². The predicted molar refractivity (Wildman–Crippen MR) is 72.9 cm³/mol. The van der Waals surface area contributed by atoms with Crippen LogP contribution in [0, 0.1) is 0 Å². The second-order valence-electron chi connectivity index (χ2n) is 5.43. The summed E-state index contributed by atoms with van der Waals surface area (Å²) in [6.45, 7) is 7.93. The van der Waals surface area contributed by atoms with Crippen molar-refractivity contribution >= 4 is 10.8 Å². The van der Waals surface area contributed by atoms with Crippen LogP contribution in [0.25, 0.3) is 0 Å². The SMILES string of the molecule is CC(CS(=O)C(C)(C)C)c1ccn(C)c(=O)c1. The van der Waals surface area contributed by atoms with Crippen molar-refractivity contribution in [1.29, 1.82) is 0 Å². The van der Waals surface area contributed by atoms with Gasteiger partial charge >= 0.3 is 0 Å². The van der Waals surface area contributed by atoms with Crippen LogP contribution in [0.3, 0.4) is 0 Å². The van der Waals surface area contributed by atoms with Gasteiger partial charge in [0.25, 0.3) is 5.56 Å². The molecule has 3 nitrogen and oxygen atoms in total. The number of hydrogen-bond donors (Lipinski definition) is 0. The molecule has 2 atom stereocenters. The van der Waals surface area contributed by atoms with Crippen LogP contribution in [0.15, 0.2) is 23.1 Å². The van der Waals surface area contributed by atoms with Crippen LogP contribution in [-0.2, 0) is 17.8 Å². The van der Waals surface area contributed by atoms with Gasteiger partial charge in [-0.15, -0.1) is 0 Å². The molecule has 0 radical (unpaired) electrons. The Kier molecular flexibility index (Phi) is 4.31. The molecule has 1 aromatic heterocycles. The number of aryl methyl sites for hydroxylation is 1. The fourth-order valence-electron chi connectivity index (χ4n) is 1.44. The molecule has 0 spiro atoms. The second-order valence-corrected chi connectivity index (χ2v) is 7.68. The molecule has 0 saturated carbocycles. The summed E-state index contributed by atoms with van der Waals surface area (Å²) in [7, 11) is 0.838. The van der Waals surface area contributed by atoms with Crippen molar-refractivity contribution in [1.82, 2.24) is 4.57 Å². The van der Waals surface area contributed by atoms with Crippen molar-refractivity contribution in [3.63, 3.8) is 0 Å². The van der Waals surface area contributed by atoms with Gasteiger partial charge < -0.3 is 4.57 Å². The summed E-state index contributed by atoms with van der Waals surface area (Å²) < 4.78 is 13.4. The zero-order valence-corrected chi connectivity index (χ0v) is 12.0. The van der Waals surface area contributed by atoms with Gasteiger partial charge in [-0.2, -0.15) is 0 Å². The normalized spacial score (nSPS) is 15.6. The van der Waals surface area contributed by atoms with Crippen LogP contribution in [0.1, 0.15) is 39.2 Å². The van der Waals surface area contributed by atoms with E-state index < -0.39 is 10.8 Å². The van der Waals surface area contributed by atoms with Gasteiger partial charge in [-0.3, -0.25) is 9.00 Å². The Morgan fingerprint density at radius 3 is 2.47 bits per heavy atom. The van der Waals surface area contributed by atoms with Gasteiger partial charge in [0.1, 0.15) is 0 Å². The van der Waals surface area contributed by atoms with Crippen LogP contribution < -0.4 is 5.56 Å². The summed E-state index contributed by atoms with van der Waals surface area (Å²) in [5, 5.41) is 0. The maximum atomic E-state index is 12.0. The summed E-state index contributed by atoms with van der Waals surface area (Å²) in [4.78, 5) is 11.5. The average molecular weight is 255 g/mol. The van der Waals surface area contributed by atoms with Crippen molar-refractivity contribution in [3.05, 3.63) is 34.2 Å². The maximum absolute atomic E-state index is 12.0. The first kappa shape index (κ1) is 14.2. The lowest BCUT2D eigenvalue weighted by molar-refractivity contribution is 0.642. The van der Waals surface area contributed by atoms with Crippen molar-refractivity contribution in [2.45, 2.75) is 38.4 Å². The zero-order chi connectivity index (χ0) is 13.2. The van der Waals surface area contributed by atoms with Gasteiger partial charge in [0.15, 0.2) is 0 Å². The third-order valence-corrected chi connectivity index (χ3v) is 4.95. The minimum absolute atomic E-state index is 0.0177. The van der Waals surface area contributed by atoms with E-state index >= 15 is 0 Å². The molecule has 0 aromatic carbocycles. The van der Waals surface area contributed by atoms with Crippen LogP contribution in [-0.4, -0.2) is 19.3 Å². The smallest absolute Gasteiger partial charge is 0.250 e. The van der Waals surface area contributed by atoms with Gasteiger partial charge in [-0.25, -0.2) is 0 Å². The number of rotatable bonds is 3. The Morgan fingerprint density at radius 1 is 1.41 bits per heavy atom. The van der Waals surface area contributed by atoms with Crippen LogP contribution in [0.4, 0.5) is 0 Å². The highest BCUT2D eigenvalue weighted by atomic mass is 32.2. The fraction of sp³-hybridized carbons (Fsp3) is 0.615. The third kappa shape index (κ3) is 3.80. The molecule has 96 valence electrons. The van der Waals surface area contributed by atoms with E-state index in [-0.39, 0.29) is 16.2 Å². The highest BCUT2D eigenvalue weighted by Gasteiger charge is 2.22. The highest BCUT2D eigenvalue weighted by Crippen LogP contribution is 2.20. The second kappa shape index (κ2) is 5.17. The molecule has 0 N–H and O–H groups in total. The van der Waals surface area contributed by atoms with Crippen molar-refractivity contribution in [2.24, 2.45) is 7.05 Å². The minimum Gasteiger partial charge on any atom is -0.319 e. The first-order valence-corrected chi connectivity index (χ1v) is 7.09. The Bertz CT molecular complexity index is 471. The van der Waals surface area contributed by atoms with Gasteiger partial charge in [0.05, 0.1) is 0 Å². The topological polar surface area (TPSA) is 39.1 Å². The summed E-state index contributed by atoms with van der Waals surface area (Å²) in [6, 6.07) is 3.55. The summed E-state index contributed by atoms with van der Waals surface area (Å²) in [6.07, 6.45) is 1.76. The van der Waals surface area contributed by atoms with Crippen LogP contribution >= 0.6 is 0 Å². The molecule has 17 heavy (non-hydrogen) atoms. The standard InChI is InChI=1S/C13H21NO2S/c1-10(9-17(16)13(2,3)4)11-6-7-14(5)12(15)8-11/h6-8,10H,9H2,1-5H3. The lowest BCUT2D eigenvalue weighted by atomic mass is 10.1. The molecule has 0 aliphatic carbocycles. The maximum Gasteiger partial charge on any atom is 0.250 e. The van der Waals surface area contributed by atoms with Crippen molar-refractivity contribution in [3.8, 4) is 0 Å². The van der Waals surface area contributed by atoms with E-state index in [4.69, 9.17) is 0 Å². The summed E-state index contributed by atoms with van der Waals surface area (Å²) in [5.74, 6) is 0.736. The lowest BCUT2D eigenvalue weighted by Gasteiger charge is -2.21. The molecule has 1 rings (SSSR count). The lowest BCUT2D eigenvalue weighted by Crippen LogP contribution is -2.26. The van der Waals surface area contributed by atoms with Gasteiger partial charge in [-0.05, 0) is 38.3 Å². The minimum atomic E-state index is -0.889. The van der Waals surface area contributed by atoms with Crippen molar-refractivity contribution in [2.75, 3.05) is 5.75 Å². The third-order valence-electron chi connectivity index (χ3n) is 2.78. The molecular weight excluding hydrogens is 234 g/mol. The van der Waals surface area contributed by atoms with Gasteiger partial charge in [0, 0.05) is 40.6 Å². The van der Waals surface area contributed by atoms with E-state index in [0.717, 1.165) is 5.56 Å². The number of hydrogen-bond acceptors (Lipinski definition) is 2. The summed E-state index contributed by atoms with van der Waals surface area (Å²) >= 11 is 0. The molecule has 4 heteroatoms. The fourth-order valence-corrected chi connectivity index (χ4v) is 2.59. The van der Waals surface area contributed by atoms with Crippen LogP contribution in [0.5, 0.6) is 0 Å². The Morgan fingerprint density at radius 2 is 2.00 bits per heavy atom. The molecular formula is C13H21NO2S. The quantitative estimate of drug-likeness (QED) is 0.829. The number of aromatic nitrogens is 1. The Labute approximate surface area is 105 Å². The molecule has 0 bridgehead atoms. The number of nitrogens with zero attached hydrogens (tertiary/aromatic N) is 1. The zero-order valence-electron chi connectivity index (χ0n) is 11.2.